The molecule has 0 aliphatic carbocycles. The van der Waals surface area contributed by atoms with Gasteiger partial charge in [-0.05, 0) is 61.0 Å². The molecule has 0 heterocycles. The zero-order valence-electron chi connectivity index (χ0n) is 17.1. The number of ether oxygens (including phenoxy) is 1. The normalized spacial score (nSPS) is 11.0. The number of carbonyl (C=O) groups is 1. The van der Waals surface area contributed by atoms with E-state index in [-0.39, 0.29) is 10.8 Å². The Morgan fingerprint density at radius 1 is 1.00 bits per heavy atom. The first-order valence-electron chi connectivity index (χ1n) is 9.36. The van der Waals surface area contributed by atoms with Gasteiger partial charge in [-0.2, -0.15) is 0 Å². The Morgan fingerprint density at radius 3 is 2.30 bits per heavy atom. The number of amides is 1. The second-order valence-corrected chi connectivity index (χ2v) is 8.69. The summed E-state index contributed by atoms with van der Waals surface area (Å²) >= 11 is 0. The molecular weight excluding hydrogens is 400 g/mol. The minimum absolute atomic E-state index is 0.161. The molecular formula is C23H24N2O4S. The molecule has 3 aromatic rings. The molecule has 0 aromatic heterocycles. The van der Waals surface area contributed by atoms with Gasteiger partial charge in [0, 0.05) is 24.8 Å². The summed E-state index contributed by atoms with van der Waals surface area (Å²) in [6.45, 7) is 2.32. The molecule has 0 saturated carbocycles. The second kappa shape index (κ2) is 9.00. The zero-order valence-corrected chi connectivity index (χ0v) is 17.9. The van der Waals surface area contributed by atoms with Crippen LogP contribution in [0.2, 0.25) is 0 Å². The van der Waals surface area contributed by atoms with Gasteiger partial charge in [0.1, 0.15) is 5.75 Å². The van der Waals surface area contributed by atoms with Gasteiger partial charge in [-0.15, -0.1) is 0 Å². The lowest BCUT2D eigenvalue weighted by molar-refractivity contribution is 0.0785. The fourth-order valence-electron chi connectivity index (χ4n) is 2.95. The predicted octanol–water partition coefficient (Wildman–Crippen LogP) is 4.08. The topological polar surface area (TPSA) is 75.7 Å². The minimum atomic E-state index is -3.68. The SMILES string of the molecule is COc1cccc(CN(C)C(=O)c2ccc(NS(=O)(=O)c3ccc(C)cc3)cc2)c1. The van der Waals surface area contributed by atoms with Gasteiger partial charge >= 0.3 is 0 Å². The molecule has 3 rings (SSSR count). The van der Waals surface area contributed by atoms with Gasteiger partial charge in [-0.1, -0.05) is 29.8 Å². The molecule has 0 bridgehead atoms. The third-order valence-electron chi connectivity index (χ3n) is 4.62. The lowest BCUT2D eigenvalue weighted by Crippen LogP contribution is -2.26. The van der Waals surface area contributed by atoms with Crippen LogP contribution < -0.4 is 9.46 Å². The van der Waals surface area contributed by atoms with Crippen LogP contribution in [0.5, 0.6) is 5.75 Å². The van der Waals surface area contributed by atoms with Crippen molar-refractivity contribution in [1.29, 1.82) is 0 Å². The maximum Gasteiger partial charge on any atom is 0.261 e. The monoisotopic (exact) mass is 424 g/mol. The summed E-state index contributed by atoms with van der Waals surface area (Å²) in [6, 6.07) is 20.5. The number of hydrogen-bond acceptors (Lipinski definition) is 4. The fraction of sp³-hybridized carbons (Fsp3) is 0.174. The molecule has 0 aliphatic rings. The molecule has 1 N–H and O–H groups in total. The maximum absolute atomic E-state index is 12.7. The van der Waals surface area contributed by atoms with E-state index in [2.05, 4.69) is 4.72 Å². The smallest absolute Gasteiger partial charge is 0.261 e. The molecule has 156 valence electrons. The van der Waals surface area contributed by atoms with Crippen molar-refractivity contribution in [3.05, 3.63) is 89.5 Å². The first kappa shape index (κ1) is 21.4. The number of hydrogen-bond donors (Lipinski definition) is 1. The molecule has 0 fully saturated rings. The number of aryl methyl sites for hydroxylation is 1. The summed E-state index contributed by atoms with van der Waals surface area (Å²) in [7, 11) is -0.366. The first-order valence-corrected chi connectivity index (χ1v) is 10.8. The van der Waals surface area contributed by atoms with E-state index in [1.165, 1.54) is 0 Å². The third-order valence-corrected chi connectivity index (χ3v) is 6.01. The number of sulfonamides is 1. The summed E-state index contributed by atoms with van der Waals surface area (Å²) in [5.41, 5.74) is 2.80. The zero-order chi connectivity index (χ0) is 21.7. The number of nitrogens with one attached hydrogen (secondary N) is 1. The Bertz CT molecular complexity index is 1120. The number of methoxy groups -OCH3 is 1. The van der Waals surface area contributed by atoms with E-state index < -0.39 is 10.0 Å². The molecule has 0 saturated heterocycles. The van der Waals surface area contributed by atoms with Crippen molar-refractivity contribution >= 4 is 21.6 Å². The molecule has 7 heteroatoms. The Balaban J connectivity index is 1.68. The molecule has 0 unspecified atom stereocenters. The van der Waals surface area contributed by atoms with Crippen molar-refractivity contribution in [3.63, 3.8) is 0 Å². The van der Waals surface area contributed by atoms with Gasteiger partial charge in [-0.3, -0.25) is 9.52 Å². The van der Waals surface area contributed by atoms with Crippen LogP contribution in [0.15, 0.2) is 77.7 Å². The van der Waals surface area contributed by atoms with Crippen LogP contribution in [0.3, 0.4) is 0 Å². The lowest BCUT2D eigenvalue weighted by atomic mass is 10.1. The number of rotatable bonds is 7. The highest BCUT2D eigenvalue weighted by Gasteiger charge is 2.16. The van der Waals surface area contributed by atoms with Crippen LogP contribution in [-0.2, 0) is 16.6 Å². The van der Waals surface area contributed by atoms with Crippen LogP contribution in [0.4, 0.5) is 5.69 Å². The van der Waals surface area contributed by atoms with Crippen molar-refractivity contribution in [1.82, 2.24) is 4.90 Å². The van der Waals surface area contributed by atoms with Crippen LogP contribution in [0.1, 0.15) is 21.5 Å². The summed E-state index contributed by atoms with van der Waals surface area (Å²) in [4.78, 5) is 14.5. The van der Waals surface area contributed by atoms with Crippen LogP contribution in [-0.4, -0.2) is 33.4 Å². The van der Waals surface area contributed by atoms with E-state index in [1.807, 2.05) is 31.2 Å². The third kappa shape index (κ3) is 5.18. The summed E-state index contributed by atoms with van der Waals surface area (Å²) in [6.07, 6.45) is 0. The standard InChI is InChI=1S/C23H24N2O4S/c1-17-7-13-22(14-8-17)30(27,28)24-20-11-9-19(10-12-20)23(26)25(2)16-18-5-4-6-21(15-18)29-3/h4-15,24H,16H2,1-3H3. The van der Waals surface area contributed by atoms with Crippen molar-refractivity contribution in [3.8, 4) is 5.75 Å². The average Bonchev–Trinajstić information content (AvgIpc) is 2.74. The Labute approximate surface area is 177 Å². The van der Waals surface area contributed by atoms with Crippen LogP contribution >= 0.6 is 0 Å². The molecule has 0 atom stereocenters. The minimum Gasteiger partial charge on any atom is -0.497 e. The van der Waals surface area contributed by atoms with Gasteiger partial charge in [0.05, 0.1) is 12.0 Å². The first-order chi connectivity index (χ1) is 14.3. The van der Waals surface area contributed by atoms with Crippen molar-refractivity contribution in [2.24, 2.45) is 0 Å². The van der Waals surface area contributed by atoms with E-state index in [0.717, 1.165) is 16.9 Å². The van der Waals surface area contributed by atoms with Crippen molar-refractivity contribution < 1.29 is 17.9 Å². The average molecular weight is 425 g/mol. The number of anilines is 1. The number of nitrogens with zero attached hydrogens (tertiary/aromatic N) is 1. The van der Waals surface area contributed by atoms with Crippen molar-refractivity contribution in [2.75, 3.05) is 18.9 Å². The molecule has 6 nitrogen and oxygen atoms in total. The lowest BCUT2D eigenvalue weighted by Gasteiger charge is -2.18. The quantitative estimate of drug-likeness (QED) is 0.620. The molecule has 3 aromatic carbocycles. The summed E-state index contributed by atoms with van der Waals surface area (Å²) in [5.74, 6) is 0.573. The molecule has 0 aliphatic heterocycles. The summed E-state index contributed by atoms with van der Waals surface area (Å²) in [5, 5.41) is 0. The number of benzene rings is 3. The largest absolute Gasteiger partial charge is 0.497 e. The molecule has 0 spiro atoms. The van der Waals surface area contributed by atoms with E-state index in [4.69, 9.17) is 4.74 Å². The number of carbonyl (C=O) groups excluding carboxylic acids is 1. The molecule has 0 radical (unpaired) electrons. The Morgan fingerprint density at radius 2 is 1.67 bits per heavy atom. The molecule has 30 heavy (non-hydrogen) atoms. The van der Waals surface area contributed by atoms with E-state index in [0.29, 0.717) is 17.8 Å². The van der Waals surface area contributed by atoms with E-state index >= 15 is 0 Å². The Kier molecular flexibility index (Phi) is 6.42. The highest BCUT2D eigenvalue weighted by atomic mass is 32.2. The highest BCUT2D eigenvalue weighted by molar-refractivity contribution is 7.92. The van der Waals surface area contributed by atoms with Gasteiger partial charge < -0.3 is 9.64 Å². The maximum atomic E-state index is 12.7. The Hall–Kier alpha value is -3.32. The van der Waals surface area contributed by atoms with Gasteiger partial charge in [-0.25, -0.2) is 8.42 Å². The predicted molar refractivity (Wildman–Crippen MR) is 117 cm³/mol. The van der Waals surface area contributed by atoms with Crippen LogP contribution in [0.25, 0.3) is 0 Å². The summed E-state index contributed by atoms with van der Waals surface area (Å²) < 4.78 is 32.7. The molecule has 1 amide bonds. The van der Waals surface area contributed by atoms with Gasteiger partial charge in [0.25, 0.3) is 15.9 Å². The van der Waals surface area contributed by atoms with E-state index in [9.17, 15) is 13.2 Å². The van der Waals surface area contributed by atoms with E-state index in [1.54, 1.807) is 67.6 Å². The highest BCUT2D eigenvalue weighted by Crippen LogP contribution is 2.19. The fourth-order valence-corrected chi connectivity index (χ4v) is 4.01. The second-order valence-electron chi connectivity index (χ2n) is 7.01. The van der Waals surface area contributed by atoms with Gasteiger partial charge in [0.15, 0.2) is 0 Å². The van der Waals surface area contributed by atoms with Gasteiger partial charge in [0.2, 0.25) is 0 Å². The van der Waals surface area contributed by atoms with Crippen LogP contribution in [0, 0.1) is 6.92 Å². The van der Waals surface area contributed by atoms with Crippen molar-refractivity contribution in [2.45, 2.75) is 18.4 Å².